The largest absolute Gasteiger partial charge is 0.477 e. The van der Waals surface area contributed by atoms with Gasteiger partial charge in [-0.05, 0) is 42.0 Å². The second kappa shape index (κ2) is 10.3. The average molecular weight is 496 g/mol. The lowest BCUT2D eigenvalue weighted by Crippen LogP contribution is -2.30. The lowest BCUT2D eigenvalue weighted by molar-refractivity contribution is -0.140. The van der Waals surface area contributed by atoms with Crippen LogP contribution in [0.3, 0.4) is 0 Å². The molecule has 2 fully saturated rings. The standard InChI is InChI=1S/C17H19F7N2.C4H4N2O2/c18-15-2-1-10(5-14(15)17(22,23)24)6-25-7-11-12-8-26(9-13(11)12)4-3-16(19,20)21;7-4(8)3-1-5-2-6-3/h1-2,5,11-13,25H,3-4,6-9H2;1-2H,(H,5,6)(H,7,8). The molecule has 34 heavy (non-hydrogen) atoms. The van der Waals surface area contributed by atoms with Gasteiger partial charge >= 0.3 is 18.3 Å². The lowest BCUT2D eigenvalue weighted by atomic mass is 10.1. The van der Waals surface area contributed by atoms with E-state index in [2.05, 4.69) is 15.3 Å². The number of aromatic nitrogens is 2. The number of halogens is 7. The van der Waals surface area contributed by atoms with Crippen molar-refractivity contribution in [2.24, 2.45) is 17.8 Å². The van der Waals surface area contributed by atoms with Crippen LogP contribution in [0.5, 0.6) is 0 Å². The maximum absolute atomic E-state index is 13.2. The molecule has 1 saturated heterocycles. The molecule has 1 saturated carbocycles. The summed E-state index contributed by atoms with van der Waals surface area (Å²) in [4.78, 5) is 17.7. The van der Waals surface area contributed by atoms with E-state index in [1.54, 1.807) is 0 Å². The summed E-state index contributed by atoms with van der Waals surface area (Å²) >= 11 is 0. The number of aromatic carboxylic acids is 1. The number of hydrogen-bond donors (Lipinski definition) is 3. The molecule has 6 nitrogen and oxygen atoms in total. The van der Waals surface area contributed by atoms with Crippen molar-refractivity contribution in [2.45, 2.75) is 25.3 Å². The van der Waals surface area contributed by atoms with E-state index < -0.39 is 36.1 Å². The molecule has 1 aliphatic carbocycles. The first-order valence-corrected chi connectivity index (χ1v) is 10.4. The summed E-state index contributed by atoms with van der Waals surface area (Å²) in [7, 11) is 0. The molecule has 0 spiro atoms. The number of carboxylic acid groups (broad SMARTS) is 1. The molecule has 2 unspecified atom stereocenters. The molecule has 13 heteroatoms. The van der Waals surface area contributed by atoms with Gasteiger partial charge in [0.05, 0.1) is 24.5 Å². The molecule has 2 aromatic rings. The smallest absolute Gasteiger partial charge is 0.419 e. The molecule has 2 heterocycles. The van der Waals surface area contributed by atoms with Crippen LogP contribution < -0.4 is 5.32 Å². The van der Waals surface area contributed by atoms with Gasteiger partial charge in [0.25, 0.3) is 0 Å². The highest BCUT2D eigenvalue weighted by molar-refractivity contribution is 5.84. The number of nitrogens with one attached hydrogen (secondary N) is 2. The normalized spacial score (nSPS) is 22.1. The van der Waals surface area contributed by atoms with Crippen molar-refractivity contribution in [3.05, 3.63) is 53.4 Å². The number of H-pyrrole nitrogens is 1. The second-order valence-electron chi connectivity index (χ2n) is 8.33. The predicted octanol–water partition coefficient (Wildman–Crippen LogP) is 4.17. The Morgan fingerprint density at radius 1 is 1.18 bits per heavy atom. The van der Waals surface area contributed by atoms with Crippen LogP contribution in [0.4, 0.5) is 30.7 Å². The molecule has 0 amide bonds. The van der Waals surface area contributed by atoms with E-state index in [0.29, 0.717) is 43.0 Å². The molecular formula is C21H23F7N4O2. The molecule has 1 aliphatic heterocycles. The highest BCUT2D eigenvalue weighted by Crippen LogP contribution is 2.51. The fourth-order valence-electron chi connectivity index (χ4n) is 4.16. The number of aromatic amines is 1. The Labute approximate surface area is 190 Å². The Bertz CT molecular complexity index is 951. The van der Waals surface area contributed by atoms with Gasteiger partial charge in [-0.25, -0.2) is 14.2 Å². The fourth-order valence-corrected chi connectivity index (χ4v) is 4.16. The van der Waals surface area contributed by atoms with Gasteiger partial charge in [0.1, 0.15) is 11.5 Å². The third-order valence-electron chi connectivity index (χ3n) is 5.93. The predicted molar refractivity (Wildman–Crippen MR) is 106 cm³/mol. The molecule has 2 atom stereocenters. The van der Waals surface area contributed by atoms with Crippen LogP contribution in [0.15, 0.2) is 30.7 Å². The van der Waals surface area contributed by atoms with E-state index in [0.717, 1.165) is 12.1 Å². The third kappa shape index (κ3) is 7.16. The summed E-state index contributed by atoms with van der Waals surface area (Å²) in [6.07, 6.45) is -7.10. The van der Waals surface area contributed by atoms with Crippen molar-refractivity contribution >= 4 is 5.97 Å². The van der Waals surface area contributed by atoms with Gasteiger partial charge in [-0.2, -0.15) is 26.3 Å². The number of carboxylic acids is 1. The average Bonchev–Trinajstić information content (AvgIpc) is 3.14. The van der Waals surface area contributed by atoms with E-state index in [-0.39, 0.29) is 18.8 Å². The van der Waals surface area contributed by atoms with Crippen LogP contribution >= 0.6 is 0 Å². The Balaban J connectivity index is 0.000000343. The van der Waals surface area contributed by atoms with E-state index >= 15 is 0 Å². The monoisotopic (exact) mass is 496 g/mol. The summed E-state index contributed by atoms with van der Waals surface area (Å²) in [5.74, 6) is -1.22. The van der Waals surface area contributed by atoms with Crippen molar-refractivity contribution < 1.29 is 40.6 Å². The van der Waals surface area contributed by atoms with Crippen molar-refractivity contribution in [2.75, 3.05) is 26.2 Å². The Morgan fingerprint density at radius 2 is 1.85 bits per heavy atom. The SMILES string of the molecule is Fc1ccc(CNCC2C3CN(CCC(F)(F)F)CC23)cc1C(F)(F)F.O=C(O)c1cnc[nH]1. The van der Waals surface area contributed by atoms with E-state index in [1.165, 1.54) is 18.6 Å². The van der Waals surface area contributed by atoms with Gasteiger partial charge in [-0.3, -0.25) is 0 Å². The topological polar surface area (TPSA) is 81.2 Å². The first kappa shape index (κ1) is 25.9. The number of alkyl halides is 6. The molecule has 1 aromatic heterocycles. The third-order valence-corrected chi connectivity index (χ3v) is 5.93. The highest BCUT2D eigenvalue weighted by atomic mass is 19.4. The van der Waals surface area contributed by atoms with Crippen LogP contribution in [0, 0.1) is 23.6 Å². The second-order valence-corrected chi connectivity index (χ2v) is 8.33. The minimum absolute atomic E-state index is 0.0203. The number of imidazole rings is 1. The van der Waals surface area contributed by atoms with Gasteiger partial charge in [-0.1, -0.05) is 6.07 Å². The van der Waals surface area contributed by atoms with Crippen molar-refractivity contribution in [3.8, 4) is 0 Å². The van der Waals surface area contributed by atoms with Gasteiger partial charge in [-0.15, -0.1) is 0 Å². The molecular weight excluding hydrogens is 473 g/mol. The zero-order chi connectivity index (χ0) is 25.1. The van der Waals surface area contributed by atoms with Gasteiger partial charge in [0.15, 0.2) is 0 Å². The quantitative estimate of drug-likeness (QED) is 0.502. The van der Waals surface area contributed by atoms with E-state index in [4.69, 9.17) is 5.11 Å². The summed E-state index contributed by atoms with van der Waals surface area (Å²) in [6, 6.07) is 2.92. The fraction of sp³-hybridized carbons (Fsp3) is 0.524. The molecule has 2 aliphatic rings. The molecule has 3 N–H and O–H groups in total. The van der Waals surface area contributed by atoms with Gasteiger partial charge in [0, 0.05) is 26.2 Å². The van der Waals surface area contributed by atoms with Crippen LogP contribution in [0.1, 0.15) is 28.0 Å². The van der Waals surface area contributed by atoms with Crippen molar-refractivity contribution in [3.63, 3.8) is 0 Å². The molecule has 1 aromatic carbocycles. The Kier molecular flexibility index (Phi) is 7.86. The molecule has 0 bridgehead atoms. The zero-order valence-electron chi connectivity index (χ0n) is 17.8. The summed E-state index contributed by atoms with van der Waals surface area (Å²) in [6.45, 7) is 2.09. The maximum Gasteiger partial charge on any atom is 0.419 e. The highest BCUT2D eigenvalue weighted by Gasteiger charge is 2.54. The summed E-state index contributed by atoms with van der Waals surface area (Å²) in [5.41, 5.74) is -0.818. The minimum atomic E-state index is -4.73. The van der Waals surface area contributed by atoms with E-state index in [9.17, 15) is 35.5 Å². The number of fused-ring (bicyclic) bond motifs is 1. The zero-order valence-corrected chi connectivity index (χ0v) is 17.8. The number of likely N-dealkylation sites (tertiary alicyclic amines) is 1. The maximum atomic E-state index is 13.2. The van der Waals surface area contributed by atoms with Crippen LogP contribution in [0.2, 0.25) is 0 Å². The van der Waals surface area contributed by atoms with Crippen LogP contribution in [-0.4, -0.2) is 58.3 Å². The first-order valence-electron chi connectivity index (χ1n) is 10.4. The number of nitrogens with zero attached hydrogens (tertiary/aromatic N) is 2. The molecule has 0 radical (unpaired) electrons. The van der Waals surface area contributed by atoms with Crippen LogP contribution in [-0.2, 0) is 12.7 Å². The van der Waals surface area contributed by atoms with Gasteiger partial charge < -0.3 is 20.3 Å². The minimum Gasteiger partial charge on any atom is -0.477 e. The molecule has 188 valence electrons. The van der Waals surface area contributed by atoms with Crippen molar-refractivity contribution in [1.82, 2.24) is 20.2 Å². The summed E-state index contributed by atoms with van der Waals surface area (Å²) in [5, 5.41) is 11.3. The number of benzene rings is 1. The number of carbonyl (C=O) groups is 1. The van der Waals surface area contributed by atoms with E-state index in [1.807, 2.05) is 4.90 Å². The van der Waals surface area contributed by atoms with Crippen LogP contribution in [0.25, 0.3) is 0 Å². The number of piperidine rings is 1. The number of hydrogen-bond acceptors (Lipinski definition) is 4. The first-order chi connectivity index (χ1) is 15.8. The Hall–Kier alpha value is -2.67. The molecule has 4 rings (SSSR count). The number of rotatable bonds is 7. The Morgan fingerprint density at radius 3 is 2.35 bits per heavy atom. The van der Waals surface area contributed by atoms with Gasteiger partial charge in [0.2, 0.25) is 0 Å². The lowest BCUT2D eigenvalue weighted by Gasteiger charge is -2.20. The van der Waals surface area contributed by atoms with Crippen molar-refractivity contribution in [1.29, 1.82) is 0 Å². The summed E-state index contributed by atoms with van der Waals surface area (Å²) < 4.78 is 87.9.